The molecule has 1 aromatic heterocycles. The van der Waals surface area contributed by atoms with E-state index >= 15 is 0 Å². The number of aryl methyl sites for hydroxylation is 1. The lowest BCUT2D eigenvalue weighted by molar-refractivity contribution is 0.159. The van der Waals surface area contributed by atoms with E-state index in [0.29, 0.717) is 5.92 Å². The maximum Gasteiger partial charge on any atom is 0.0933 e. The highest BCUT2D eigenvalue weighted by molar-refractivity contribution is 7.11. The van der Waals surface area contributed by atoms with Gasteiger partial charge in [0, 0.05) is 17.7 Å². The number of hydrogen-bond acceptors (Lipinski definition) is 3. The smallest absolute Gasteiger partial charge is 0.0933 e. The van der Waals surface area contributed by atoms with Gasteiger partial charge in [-0.3, -0.25) is 0 Å². The molecule has 1 aliphatic rings. The third-order valence-corrected chi connectivity index (χ3v) is 3.68. The number of nitrogens with zero attached hydrogens (tertiary/aromatic N) is 1. The molecule has 2 rings (SSSR count). The third-order valence-electron chi connectivity index (χ3n) is 2.54. The largest absolute Gasteiger partial charge is 0.393 e. The van der Waals surface area contributed by atoms with Gasteiger partial charge in [0.05, 0.1) is 16.8 Å². The number of aliphatic hydroxyl groups excluding tert-OH is 1. The quantitative estimate of drug-likeness (QED) is 0.813. The second-order valence-electron chi connectivity index (χ2n) is 4.47. The lowest BCUT2D eigenvalue weighted by Gasteiger charge is -2.14. The molecular formula is C11H17NOS. The molecule has 1 heterocycles. The highest BCUT2D eigenvalue weighted by Gasteiger charge is 2.20. The SMILES string of the molecule is CC(C)Cc1nc2c(s1)CC(O)CC2. The Morgan fingerprint density at radius 3 is 3.07 bits per heavy atom. The van der Waals surface area contributed by atoms with E-state index < -0.39 is 0 Å². The highest BCUT2D eigenvalue weighted by atomic mass is 32.1. The maximum atomic E-state index is 9.53. The summed E-state index contributed by atoms with van der Waals surface area (Å²) in [4.78, 5) is 5.95. The van der Waals surface area contributed by atoms with Gasteiger partial charge in [0.15, 0.2) is 0 Å². The standard InChI is InChI=1S/C11H17NOS/c1-7(2)5-11-12-9-4-3-8(13)6-10(9)14-11/h7-8,13H,3-6H2,1-2H3. The molecule has 0 aromatic carbocycles. The fourth-order valence-electron chi connectivity index (χ4n) is 1.85. The van der Waals surface area contributed by atoms with E-state index in [1.165, 1.54) is 15.6 Å². The molecule has 1 N–H and O–H groups in total. The van der Waals surface area contributed by atoms with E-state index in [0.717, 1.165) is 25.7 Å². The number of fused-ring (bicyclic) bond motifs is 1. The molecule has 0 saturated heterocycles. The molecule has 0 radical (unpaired) electrons. The average molecular weight is 211 g/mol. The number of aliphatic hydroxyl groups is 1. The molecule has 14 heavy (non-hydrogen) atoms. The van der Waals surface area contributed by atoms with Crippen molar-refractivity contribution in [1.82, 2.24) is 4.98 Å². The Kier molecular flexibility index (Phi) is 2.88. The zero-order valence-corrected chi connectivity index (χ0v) is 9.60. The van der Waals surface area contributed by atoms with Crippen LogP contribution in [0, 0.1) is 5.92 Å². The molecule has 2 nitrogen and oxygen atoms in total. The lowest BCUT2D eigenvalue weighted by Crippen LogP contribution is -2.17. The Bertz CT molecular complexity index is 319. The van der Waals surface area contributed by atoms with Gasteiger partial charge in [-0.2, -0.15) is 0 Å². The molecule has 1 atom stereocenters. The molecular weight excluding hydrogens is 194 g/mol. The van der Waals surface area contributed by atoms with Gasteiger partial charge in [-0.1, -0.05) is 13.8 Å². The van der Waals surface area contributed by atoms with Crippen LogP contribution in [-0.2, 0) is 19.3 Å². The number of rotatable bonds is 2. The van der Waals surface area contributed by atoms with Crippen LogP contribution in [0.3, 0.4) is 0 Å². The van der Waals surface area contributed by atoms with Crippen LogP contribution in [0.25, 0.3) is 0 Å². The van der Waals surface area contributed by atoms with E-state index in [-0.39, 0.29) is 6.10 Å². The van der Waals surface area contributed by atoms with Crippen molar-refractivity contribution in [2.75, 3.05) is 0 Å². The van der Waals surface area contributed by atoms with Crippen molar-refractivity contribution in [2.45, 2.75) is 45.6 Å². The monoisotopic (exact) mass is 211 g/mol. The van der Waals surface area contributed by atoms with E-state index in [1.54, 1.807) is 11.3 Å². The Labute approximate surface area is 89.0 Å². The predicted octanol–water partition coefficient (Wildman–Crippen LogP) is 2.19. The number of aromatic nitrogens is 1. The number of hydrogen-bond donors (Lipinski definition) is 1. The summed E-state index contributed by atoms with van der Waals surface area (Å²) in [5.74, 6) is 0.674. The van der Waals surface area contributed by atoms with Gasteiger partial charge in [0.2, 0.25) is 0 Å². The predicted molar refractivity (Wildman–Crippen MR) is 58.7 cm³/mol. The van der Waals surface area contributed by atoms with Gasteiger partial charge in [-0.15, -0.1) is 11.3 Å². The van der Waals surface area contributed by atoms with Crippen LogP contribution < -0.4 is 0 Å². The minimum absolute atomic E-state index is 0.130. The fraction of sp³-hybridized carbons (Fsp3) is 0.727. The fourth-order valence-corrected chi connectivity index (χ4v) is 3.25. The van der Waals surface area contributed by atoms with Crippen LogP contribution >= 0.6 is 11.3 Å². The molecule has 0 spiro atoms. The normalized spacial score (nSPS) is 21.3. The summed E-state index contributed by atoms with van der Waals surface area (Å²) >= 11 is 1.80. The summed E-state index contributed by atoms with van der Waals surface area (Å²) in [5.41, 5.74) is 1.25. The Morgan fingerprint density at radius 2 is 2.36 bits per heavy atom. The first kappa shape index (κ1) is 10.1. The minimum atomic E-state index is -0.130. The molecule has 0 aliphatic heterocycles. The Hall–Kier alpha value is -0.410. The van der Waals surface area contributed by atoms with E-state index in [1.807, 2.05) is 0 Å². The van der Waals surface area contributed by atoms with Crippen LogP contribution in [-0.4, -0.2) is 16.2 Å². The highest BCUT2D eigenvalue weighted by Crippen LogP contribution is 2.28. The molecule has 1 aromatic rings. The van der Waals surface area contributed by atoms with Crippen molar-refractivity contribution < 1.29 is 5.11 Å². The summed E-state index contributed by atoms with van der Waals surface area (Å²) in [6, 6.07) is 0. The van der Waals surface area contributed by atoms with Crippen molar-refractivity contribution in [3.05, 3.63) is 15.6 Å². The van der Waals surface area contributed by atoms with Gasteiger partial charge >= 0.3 is 0 Å². The van der Waals surface area contributed by atoms with Crippen molar-refractivity contribution >= 4 is 11.3 Å². The topological polar surface area (TPSA) is 33.1 Å². The first-order chi connectivity index (χ1) is 6.65. The van der Waals surface area contributed by atoms with Crippen molar-refractivity contribution in [3.63, 3.8) is 0 Å². The van der Waals surface area contributed by atoms with Crippen LogP contribution in [0.4, 0.5) is 0 Å². The Morgan fingerprint density at radius 1 is 1.57 bits per heavy atom. The van der Waals surface area contributed by atoms with Crippen molar-refractivity contribution in [2.24, 2.45) is 5.92 Å². The molecule has 0 amide bonds. The Balaban J connectivity index is 2.15. The van der Waals surface area contributed by atoms with Gasteiger partial charge < -0.3 is 5.11 Å². The van der Waals surface area contributed by atoms with Crippen LogP contribution in [0.2, 0.25) is 0 Å². The van der Waals surface area contributed by atoms with Crippen molar-refractivity contribution in [3.8, 4) is 0 Å². The van der Waals surface area contributed by atoms with Crippen LogP contribution in [0.5, 0.6) is 0 Å². The zero-order valence-electron chi connectivity index (χ0n) is 8.79. The van der Waals surface area contributed by atoms with Gasteiger partial charge in [-0.25, -0.2) is 4.98 Å². The maximum absolute atomic E-state index is 9.53. The van der Waals surface area contributed by atoms with E-state index in [2.05, 4.69) is 18.8 Å². The molecule has 0 saturated carbocycles. The molecule has 78 valence electrons. The molecule has 0 fully saturated rings. The average Bonchev–Trinajstić information content (AvgIpc) is 2.44. The second-order valence-corrected chi connectivity index (χ2v) is 5.64. The zero-order chi connectivity index (χ0) is 10.1. The summed E-state index contributed by atoms with van der Waals surface area (Å²) in [6.45, 7) is 4.43. The van der Waals surface area contributed by atoms with E-state index in [4.69, 9.17) is 0 Å². The lowest BCUT2D eigenvalue weighted by atomic mass is 10.0. The second kappa shape index (κ2) is 3.99. The molecule has 3 heteroatoms. The van der Waals surface area contributed by atoms with Gasteiger partial charge in [0.25, 0.3) is 0 Å². The van der Waals surface area contributed by atoms with Gasteiger partial charge in [-0.05, 0) is 18.8 Å². The first-order valence-corrected chi connectivity index (χ1v) is 6.12. The molecule has 1 unspecified atom stereocenters. The van der Waals surface area contributed by atoms with Crippen molar-refractivity contribution in [1.29, 1.82) is 0 Å². The summed E-state index contributed by atoms with van der Waals surface area (Å²) in [5, 5.41) is 10.8. The van der Waals surface area contributed by atoms with E-state index in [9.17, 15) is 5.11 Å². The number of thiazole rings is 1. The molecule has 1 aliphatic carbocycles. The third kappa shape index (κ3) is 2.15. The first-order valence-electron chi connectivity index (χ1n) is 5.30. The molecule has 0 bridgehead atoms. The van der Waals surface area contributed by atoms with Crippen LogP contribution in [0.1, 0.15) is 35.8 Å². The van der Waals surface area contributed by atoms with Gasteiger partial charge in [0.1, 0.15) is 0 Å². The summed E-state index contributed by atoms with van der Waals surface area (Å²) in [6.07, 6.45) is 3.62. The summed E-state index contributed by atoms with van der Waals surface area (Å²) < 4.78 is 0. The summed E-state index contributed by atoms with van der Waals surface area (Å²) in [7, 11) is 0. The minimum Gasteiger partial charge on any atom is -0.393 e. The van der Waals surface area contributed by atoms with Crippen LogP contribution in [0.15, 0.2) is 0 Å².